The molecule has 7 nitrogen and oxygen atoms in total. The maximum absolute atomic E-state index is 12.9. The van der Waals surface area contributed by atoms with Crippen molar-refractivity contribution in [1.29, 1.82) is 0 Å². The number of carbonyl (C=O) groups excluding carboxylic acids is 2. The van der Waals surface area contributed by atoms with E-state index in [1.165, 1.54) is 6.20 Å². The summed E-state index contributed by atoms with van der Waals surface area (Å²) >= 11 is 6.29. The Morgan fingerprint density at radius 2 is 2.19 bits per heavy atom. The second-order valence-corrected chi connectivity index (χ2v) is 6.60. The van der Waals surface area contributed by atoms with E-state index < -0.39 is 0 Å². The summed E-state index contributed by atoms with van der Waals surface area (Å²) in [7, 11) is 0. The van der Waals surface area contributed by atoms with Gasteiger partial charge in [-0.1, -0.05) is 29.8 Å². The summed E-state index contributed by atoms with van der Waals surface area (Å²) in [5.41, 5.74) is 1.80. The molecule has 0 aliphatic carbocycles. The second-order valence-electron chi connectivity index (χ2n) is 6.19. The second kappa shape index (κ2) is 6.93. The van der Waals surface area contributed by atoms with Gasteiger partial charge >= 0.3 is 0 Å². The predicted molar refractivity (Wildman–Crippen MR) is 96.5 cm³/mol. The van der Waals surface area contributed by atoms with Crippen molar-refractivity contribution in [3.8, 4) is 5.88 Å². The van der Waals surface area contributed by atoms with Crippen LogP contribution in [0.4, 0.5) is 5.69 Å². The first-order valence-electron chi connectivity index (χ1n) is 8.31. The zero-order chi connectivity index (χ0) is 18.1. The summed E-state index contributed by atoms with van der Waals surface area (Å²) in [6.45, 7) is 1.69. The van der Waals surface area contributed by atoms with Crippen LogP contribution >= 0.6 is 11.6 Å². The molecule has 2 aliphatic heterocycles. The van der Waals surface area contributed by atoms with Crippen LogP contribution in [0.1, 0.15) is 22.0 Å². The molecule has 0 spiro atoms. The Bertz CT molecular complexity index is 873. The first-order chi connectivity index (χ1) is 12.6. The third-order valence-electron chi connectivity index (χ3n) is 4.46. The van der Waals surface area contributed by atoms with Crippen LogP contribution in [0.5, 0.6) is 5.88 Å². The van der Waals surface area contributed by atoms with E-state index in [0.717, 1.165) is 5.56 Å². The molecule has 1 fully saturated rings. The molecule has 1 saturated heterocycles. The zero-order valence-electron chi connectivity index (χ0n) is 13.9. The fourth-order valence-electron chi connectivity index (χ4n) is 3.18. The Morgan fingerprint density at radius 1 is 1.35 bits per heavy atom. The van der Waals surface area contributed by atoms with E-state index in [2.05, 4.69) is 15.6 Å². The number of halogens is 1. The standard InChI is InChI=1S/C18H17ClN4O3/c19-13-4-2-1-3-12(13)15-9-23(6-5-20-15)18(25)11-7-14-17(21-8-11)26-10-16(24)22-14/h1-4,7-8,15,20H,5-6,9-10H2,(H,22,24). The van der Waals surface area contributed by atoms with Crippen LogP contribution in [-0.2, 0) is 4.79 Å². The fraction of sp³-hybridized carbons (Fsp3) is 0.278. The van der Waals surface area contributed by atoms with Crippen LogP contribution in [0.15, 0.2) is 36.5 Å². The van der Waals surface area contributed by atoms with Gasteiger partial charge in [0.2, 0.25) is 5.88 Å². The number of fused-ring (bicyclic) bond motifs is 1. The number of carbonyl (C=O) groups is 2. The third-order valence-corrected chi connectivity index (χ3v) is 4.80. The van der Waals surface area contributed by atoms with E-state index in [-0.39, 0.29) is 24.5 Å². The Labute approximate surface area is 155 Å². The highest BCUT2D eigenvalue weighted by atomic mass is 35.5. The van der Waals surface area contributed by atoms with Crippen molar-refractivity contribution >= 4 is 29.1 Å². The molecule has 2 aromatic rings. The van der Waals surface area contributed by atoms with E-state index in [1.54, 1.807) is 11.0 Å². The van der Waals surface area contributed by atoms with Crippen molar-refractivity contribution < 1.29 is 14.3 Å². The molecule has 1 aromatic carbocycles. The summed E-state index contributed by atoms with van der Waals surface area (Å²) in [5, 5.41) is 6.75. The fourth-order valence-corrected chi connectivity index (χ4v) is 3.44. The summed E-state index contributed by atoms with van der Waals surface area (Å²) < 4.78 is 5.23. The zero-order valence-corrected chi connectivity index (χ0v) is 14.6. The van der Waals surface area contributed by atoms with E-state index in [1.807, 2.05) is 24.3 Å². The molecular formula is C18H17ClN4O3. The van der Waals surface area contributed by atoms with Gasteiger partial charge in [0.15, 0.2) is 6.61 Å². The van der Waals surface area contributed by atoms with Crippen molar-refractivity contribution in [2.75, 3.05) is 31.6 Å². The van der Waals surface area contributed by atoms with Gasteiger partial charge in [0, 0.05) is 30.9 Å². The molecule has 0 radical (unpaired) electrons. The van der Waals surface area contributed by atoms with Crippen molar-refractivity contribution in [1.82, 2.24) is 15.2 Å². The minimum absolute atomic E-state index is 0.0324. The molecule has 26 heavy (non-hydrogen) atoms. The van der Waals surface area contributed by atoms with Gasteiger partial charge in [-0.25, -0.2) is 4.98 Å². The lowest BCUT2D eigenvalue weighted by molar-refractivity contribution is -0.118. The average Bonchev–Trinajstić information content (AvgIpc) is 2.67. The Hall–Kier alpha value is -2.64. The number of piperazine rings is 1. The molecule has 3 heterocycles. The molecular weight excluding hydrogens is 356 g/mol. The number of benzene rings is 1. The van der Waals surface area contributed by atoms with Gasteiger partial charge in [-0.15, -0.1) is 0 Å². The average molecular weight is 373 g/mol. The Morgan fingerprint density at radius 3 is 3.04 bits per heavy atom. The van der Waals surface area contributed by atoms with E-state index in [9.17, 15) is 9.59 Å². The van der Waals surface area contributed by atoms with E-state index >= 15 is 0 Å². The number of nitrogens with one attached hydrogen (secondary N) is 2. The normalized spacial score (nSPS) is 19.3. The molecule has 8 heteroatoms. The number of ether oxygens (including phenoxy) is 1. The first-order valence-corrected chi connectivity index (χ1v) is 8.69. The predicted octanol–water partition coefficient (Wildman–Crippen LogP) is 1.85. The summed E-state index contributed by atoms with van der Waals surface area (Å²) in [6.07, 6.45) is 1.48. The SMILES string of the molecule is O=C1COc2ncc(C(=O)N3CCNC(c4ccccc4Cl)C3)cc2N1. The van der Waals surface area contributed by atoms with Crippen LogP contribution in [0.3, 0.4) is 0 Å². The highest BCUT2D eigenvalue weighted by Crippen LogP contribution is 2.28. The number of pyridine rings is 1. The smallest absolute Gasteiger partial charge is 0.262 e. The number of anilines is 1. The molecule has 2 N–H and O–H groups in total. The lowest BCUT2D eigenvalue weighted by atomic mass is 10.0. The number of hydrogen-bond acceptors (Lipinski definition) is 5. The quantitative estimate of drug-likeness (QED) is 0.840. The van der Waals surface area contributed by atoms with Gasteiger partial charge in [0.1, 0.15) is 5.69 Å². The van der Waals surface area contributed by atoms with Crippen LogP contribution in [0, 0.1) is 0 Å². The molecule has 134 valence electrons. The molecule has 4 rings (SSSR count). The molecule has 0 bridgehead atoms. The monoisotopic (exact) mass is 372 g/mol. The van der Waals surface area contributed by atoms with E-state index in [0.29, 0.717) is 41.8 Å². The maximum Gasteiger partial charge on any atom is 0.262 e. The lowest BCUT2D eigenvalue weighted by Crippen LogP contribution is -2.48. The Kier molecular flexibility index (Phi) is 4.48. The molecule has 1 atom stereocenters. The van der Waals surface area contributed by atoms with Crippen molar-refractivity contribution in [3.63, 3.8) is 0 Å². The topological polar surface area (TPSA) is 83.6 Å². The molecule has 2 amide bonds. The number of rotatable bonds is 2. The summed E-state index contributed by atoms with van der Waals surface area (Å²) in [6, 6.07) is 9.19. The highest BCUT2D eigenvalue weighted by Gasteiger charge is 2.27. The number of amides is 2. The minimum atomic E-state index is -0.259. The number of aromatic nitrogens is 1. The van der Waals surface area contributed by atoms with Gasteiger partial charge in [-0.3, -0.25) is 9.59 Å². The number of hydrogen-bond donors (Lipinski definition) is 2. The van der Waals surface area contributed by atoms with Gasteiger partial charge in [-0.2, -0.15) is 0 Å². The van der Waals surface area contributed by atoms with Crippen LogP contribution in [0.2, 0.25) is 5.02 Å². The Balaban J connectivity index is 1.54. The van der Waals surface area contributed by atoms with Gasteiger partial charge < -0.3 is 20.3 Å². The van der Waals surface area contributed by atoms with Crippen LogP contribution in [0.25, 0.3) is 0 Å². The van der Waals surface area contributed by atoms with Crippen LogP contribution in [-0.4, -0.2) is 47.9 Å². The van der Waals surface area contributed by atoms with Crippen molar-refractivity contribution in [2.45, 2.75) is 6.04 Å². The maximum atomic E-state index is 12.9. The van der Waals surface area contributed by atoms with Gasteiger partial charge in [-0.05, 0) is 17.7 Å². The van der Waals surface area contributed by atoms with Crippen molar-refractivity contribution in [2.24, 2.45) is 0 Å². The molecule has 1 aromatic heterocycles. The van der Waals surface area contributed by atoms with Gasteiger partial charge in [0.05, 0.1) is 11.6 Å². The first kappa shape index (κ1) is 16.8. The minimum Gasteiger partial charge on any atom is -0.466 e. The highest BCUT2D eigenvalue weighted by molar-refractivity contribution is 6.31. The van der Waals surface area contributed by atoms with E-state index in [4.69, 9.17) is 16.3 Å². The van der Waals surface area contributed by atoms with Crippen LogP contribution < -0.4 is 15.4 Å². The summed E-state index contributed by atoms with van der Waals surface area (Å²) in [4.78, 5) is 30.3. The largest absolute Gasteiger partial charge is 0.466 e. The molecule has 1 unspecified atom stereocenters. The molecule has 0 saturated carbocycles. The lowest BCUT2D eigenvalue weighted by Gasteiger charge is -2.34. The van der Waals surface area contributed by atoms with Crippen molar-refractivity contribution in [3.05, 3.63) is 52.7 Å². The molecule has 2 aliphatic rings. The summed E-state index contributed by atoms with van der Waals surface area (Å²) in [5.74, 6) is -0.0704. The number of nitrogens with zero attached hydrogens (tertiary/aromatic N) is 2. The van der Waals surface area contributed by atoms with Gasteiger partial charge in [0.25, 0.3) is 11.8 Å². The third kappa shape index (κ3) is 3.23.